The lowest BCUT2D eigenvalue weighted by atomic mass is 10.0. The van der Waals surface area contributed by atoms with Crippen LogP contribution in [-0.2, 0) is 0 Å². The molecule has 1 nitrogen and oxygen atoms in total. The minimum absolute atomic E-state index is 0.0417. The van der Waals surface area contributed by atoms with Crippen molar-refractivity contribution in [3.63, 3.8) is 0 Å². The van der Waals surface area contributed by atoms with Crippen LogP contribution in [-0.4, -0.2) is 18.0 Å². The molecular weight excluding hydrogens is 248 g/mol. The summed E-state index contributed by atoms with van der Waals surface area (Å²) in [5.41, 5.74) is 1.10. The summed E-state index contributed by atoms with van der Waals surface area (Å²) in [6.07, 6.45) is 2.02. The summed E-state index contributed by atoms with van der Waals surface area (Å²) in [7, 11) is 0. The van der Waals surface area contributed by atoms with Crippen molar-refractivity contribution in [2.75, 3.05) is 12.9 Å². The standard InChI is InChI=1S/C10H12BrOS/c1-7(6-12)9-5-8(11)3-4-10(9)13-2/h3-5,7,12H,1,6H2,2H3. The van der Waals surface area contributed by atoms with Crippen molar-refractivity contribution < 1.29 is 5.11 Å². The molecule has 0 aliphatic heterocycles. The molecule has 0 saturated carbocycles. The second-order valence-electron chi connectivity index (χ2n) is 2.77. The molecule has 71 valence electrons. The SMILES string of the molecule is [CH2]C(CO)c1cc(Br)ccc1SC. The maximum atomic E-state index is 9.01. The molecule has 13 heavy (non-hydrogen) atoms. The summed E-state index contributed by atoms with van der Waals surface area (Å²) in [6, 6.07) is 6.05. The molecule has 1 aromatic carbocycles. The Labute approximate surface area is 91.7 Å². The van der Waals surface area contributed by atoms with E-state index in [1.807, 2.05) is 24.5 Å². The molecule has 0 spiro atoms. The lowest BCUT2D eigenvalue weighted by molar-refractivity contribution is 0.281. The smallest absolute Gasteiger partial charge is 0.0500 e. The molecule has 1 radical (unpaired) electrons. The van der Waals surface area contributed by atoms with Crippen LogP contribution in [0, 0.1) is 6.92 Å². The molecule has 0 amide bonds. The quantitative estimate of drug-likeness (QED) is 0.843. The van der Waals surface area contributed by atoms with E-state index in [0.29, 0.717) is 0 Å². The zero-order valence-corrected chi connectivity index (χ0v) is 9.86. The minimum Gasteiger partial charge on any atom is -0.396 e. The van der Waals surface area contributed by atoms with Crippen molar-refractivity contribution in [1.82, 2.24) is 0 Å². The van der Waals surface area contributed by atoms with Crippen LogP contribution < -0.4 is 0 Å². The molecule has 0 aliphatic carbocycles. The third-order valence-corrected chi connectivity index (χ3v) is 3.16. The van der Waals surface area contributed by atoms with Crippen LogP contribution in [0.2, 0.25) is 0 Å². The van der Waals surface area contributed by atoms with Gasteiger partial charge in [0, 0.05) is 21.9 Å². The summed E-state index contributed by atoms with van der Waals surface area (Å²) in [5, 5.41) is 9.01. The maximum absolute atomic E-state index is 9.01. The molecule has 1 N–H and O–H groups in total. The zero-order valence-electron chi connectivity index (χ0n) is 7.46. The summed E-state index contributed by atoms with van der Waals surface area (Å²) >= 11 is 5.08. The highest BCUT2D eigenvalue weighted by atomic mass is 79.9. The highest BCUT2D eigenvalue weighted by Gasteiger charge is 2.09. The number of aliphatic hydroxyl groups excluding tert-OH is 1. The van der Waals surface area contributed by atoms with E-state index in [1.165, 1.54) is 4.90 Å². The minimum atomic E-state index is -0.0417. The van der Waals surface area contributed by atoms with E-state index in [9.17, 15) is 0 Å². The zero-order chi connectivity index (χ0) is 9.84. The Balaban J connectivity index is 3.07. The van der Waals surface area contributed by atoms with Gasteiger partial charge >= 0.3 is 0 Å². The topological polar surface area (TPSA) is 20.2 Å². The predicted octanol–water partition coefficient (Wildman–Crippen LogP) is 3.08. The van der Waals surface area contributed by atoms with Gasteiger partial charge in [0.15, 0.2) is 0 Å². The molecule has 0 aromatic heterocycles. The molecule has 1 rings (SSSR count). The van der Waals surface area contributed by atoms with E-state index in [1.54, 1.807) is 11.8 Å². The number of halogens is 1. The number of thioether (sulfide) groups is 1. The summed E-state index contributed by atoms with van der Waals surface area (Å²) in [4.78, 5) is 1.18. The van der Waals surface area contributed by atoms with Gasteiger partial charge in [0.1, 0.15) is 0 Å². The van der Waals surface area contributed by atoms with Crippen molar-refractivity contribution in [3.8, 4) is 0 Å². The van der Waals surface area contributed by atoms with Crippen LogP contribution in [0.5, 0.6) is 0 Å². The van der Waals surface area contributed by atoms with E-state index in [0.717, 1.165) is 10.0 Å². The number of hydrogen-bond donors (Lipinski definition) is 1. The number of rotatable bonds is 3. The highest BCUT2D eigenvalue weighted by Crippen LogP contribution is 2.29. The molecule has 0 saturated heterocycles. The van der Waals surface area contributed by atoms with Gasteiger partial charge < -0.3 is 5.11 Å². The molecule has 0 fully saturated rings. The number of hydrogen-bond acceptors (Lipinski definition) is 2. The fourth-order valence-corrected chi connectivity index (χ4v) is 2.17. The third kappa shape index (κ3) is 2.73. The fourth-order valence-electron chi connectivity index (χ4n) is 1.12. The van der Waals surface area contributed by atoms with Gasteiger partial charge in [-0.1, -0.05) is 15.9 Å². The number of benzene rings is 1. The van der Waals surface area contributed by atoms with Crippen molar-refractivity contribution in [1.29, 1.82) is 0 Å². The Morgan fingerprint density at radius 3 is 2.85 bits per heavy atom. The van der Waals surface area contributed by atoms with Crippen LogP contribution in [0.3, 0.4) is 0 Å². The Bertz CT molecular complexity index is 288. The number of aliphatic hydroxyl groups is 1. The van der Waals surface area contributed by atoms with Crippen molar-refractivity contribution >= 4 is 27.7 Å². The fraction of sp³-hybridized carbons (Fsp3) is 0.300. The molecular formula is C10H12BrOS. The van der Waals surface area contributed by atoms with Gasteiger partial charge in [-0.2, -0.15) is 0 Å². The summed E-state index contributed by atoms with van der Waals surface area (Å²) in [5.74, 6) is -0.0417. The summed E-state index contributed by atoms with van der Waals surface area (Å²) in [6.45, 7) is 3.98. The third-order valence-electron chi connectivity index (χ3n) is 1.85. The molecule has 0 aliphatic rings. The van der Waals surface area contributed by atoms with Gasteiger partial charge in [0.05, 0.1) is 0 Å². The predicted molar refractivity (Wildman–Crippen MR) is 61.1 cm³/mol. The Morgan fingerprint density at radius 1 is 1.62 bits per heavy atom. The highest BCUT2D eigenvalue weighted by molar-refractivity contribution is 9.10. The largest absolute Gasteiger partial charge is 0.396 e. The first-order valence-electron chi connectivity index (χ1n) is 3.96. The van der Waals surface area contributed by atoms with Crippen LogP contribution in [0.25, 0.3) is 0 Å². The van der Waals surface area contributed by atoms with Gasteiger partial charge in [0.25, 0.3) is 0 Å². The first kappa shape index (κ1) is 11.1. The van der Waals surface area contributed by atoms with Gasteiger partial charge in [0.2, 0.25) is 0 Å². The van der Waals surface area contributed by atoms with Crippen molar-refractivity contribution in [2.45, 2.75) is 10.8 Å². The van der Waals surface area contributed by atoms with E-state index < -0.39 is 0 Å². The van der Waals surface area contributed by atoms with E-state index >= 15 is 0 Å². The van der Waals surface area contributed by atoms with E-state index in [-0.39, 0.29) is 12.5 Å². The van der Waals surface area contributed by atoms with Gasteiger partial charge in [-0.15, -0.1) is 11.8 Å². The second-order valence-corrected chi connectivity index (χ2v) is 4.53. The van der Waals surface area contributed by atoms with Crippen molar-refractivity contribution in [3.05, 3.63) is 35.2 Å². The monoisotopic (exact) mass is 259 g/mol. The average molecular weight is 260 g/mol. The lowest BCUT2D eigenvalue weighted by Gasteiger charge is -2.12. The molecule has 0 heterocycles. The van der Waals surface area contributed by atoms with Crippen LogP contribution in [0.15, 0.2) is 27.6 Å². The first-order chi connectivity index (χ1) is 6.19. The van der Waals surface area contributed by atoms with Gasteiger partial charge in [-0.3, -0.25) is 0 Å². The molecule has 3 heteroatoms. The maximum Gasteiger partial charge on any atom is 0.0500 e. The Kier molecular flexibility index (Phi) is 4.29. The lowest BCUT2D eigenvalue weighted by Crippen LogP contribution is -2.00. The van der Waals surface area contributed by atoms with E-state index in [2.05, 4.69) is 22.9 Å². The average Bonchev–Trinajstić information content (AvgIpc) is 2.16. The normalized spacial score (nSPS) is 12.9. The molecule has 1 unspecified atom stereocenters. The van der Waals surface area contributed by atoms with Crippen LogP contribution in [0.1, 0.15) is 11.5 Å². The van der Waals surface area contributed by atoms with E-state index in [4.69, 9.17) is 5.11 Å². The molecule has 1 aromatic rings. The first-order valence-corrected chi connectivity index (χ1v) is 5.98. The second kappa shape index (κ2) is 5.03. The van der Waals surface area contributed by atoms with Gasteiger partial charge in [-0.25, -0.2) is 0 Å². The van der Waals surface area contributed by atoms with Gasteiger partial charge in [-0.05, 0) is 36.9 Å². The van der Waals surface area contributed by atoms with Crippen LogP contribution >= 0.6 is 27.7 Å². The van der Waals surface area contributed by atoms with Crippen LogP contribution in [0.4, 0.5) is 0 Å². The molecule has 1 atom stereocenters. The Hall–Kier alpha value is 0.01000. The van der Waals surface area contributed by atoms with Crippen molar-refractivity contribution in [2.24, 2.45) is 0 Å². The Morgan fingerprint density at radius 2 is 2.31 bits per heavy atom. The molecule has 0 bridgehead atoms. The summed E-state index contributed by atoms with van der Waals surface area (Å²) < 4.78 is 1.03.